The number of carbonyl (C=O) groups excluding carboxylic acids is 1. The van der Waals surface area contributed by atoms with Gasteiger partial charge in [-0.25, -0.2) is 0 Å². The number of rotatable bonds is 3. The van der Waals surface area contributed by atoms with Crippen LogP contribution in [-0.4, -0.2) is 31.5 Å². The molecule has 7 heteroatoms. The molecule has 0 radical (unpaired) electrons. The van der Waals surface area contributed by atoms with Crippen LogP contribution < -0.4 is 0 Å². The lowest BCUT2D eigenvalue weighted by Gasteiger charge is -2.20. The molecule has 0 unspecified atom stereocenters. The standard InChI is InChI=1S/C27H25N5OS/c1-15-7-6-8-20(12-15)26-30-32-24(28)22(25(33)29-27(32)34-26)14-21-13-18(4)31(19(21)5)23-10-9-16(2)11-17(23)3/h6-14,28H,1-5H3/b22-14+,28-24?. The van der Waals surface area contributed by atoms with Crippen molar-refractivity contribution < 1.29 is 4.79 Å². The van der Waals surface area contributed by atoms with Gasteiger partial charge in [0, 0.05) is 22.6 Å². The van der Waals surface area contributed by atoms with Crippen LogP contribution in [0.3, 0.4) is 0 Å². The summed E-state index contributed by atoms with van der Waals surface area (Å²) >= 11 is 1.31. The number of fused-ring (bicyclic) bond motifs is 1. The average molecular weight is 468 g/mol. The average Bonchev–Trinajstić information content (AvgIpc) is 3.32. The van der Waals surface area contributed by atoms with Gasteiger partial charge in [0.2, 0.25) is 5.17 Å². The van der Waals surface area contributed by atoms with Crippen molar-refractivity contribution in [2.24, 2.45) is 10.1 Å². The second kappa shape index (κ2) is 8.25. The molecule has 0 aliphatic carbocycles. The van der Waals surface area contributed by atoms with Gasteiger partial charge in [-0.15, -0.1) is 0 Å². The van der Waals surface area contributed by atoms with E-state index in [0.717, 1.165) is 38.8 Å². The Morgan fingerprint density at radius 3 is 2.47 bits per heavy atom. The van der Waals surface area contributed by atoms with Gasteiger partial charge in [0.1, 0.15) is 5.04 Å². The van der Waals surface area contributed by atoms with Crippen molar-refractivity contribution in [2.75, 3.05) is 0 Å². The predicted molar refractivity (Wildman–Crippen MR) is 140 cm³/mol. The molecule has 170 valence electrons. The Balaban J connectivity index is 1.52. The Kier molecular flexibility index (Phi) is 5.37. The number of aromatic nitrogens is 1. The zero-order chi connectivity index (χ0) is 24.1. The van der Waals surface area contributed by atoms with E-state index in [-0.39, 0.29) is 11.4 Å². The van der Waals surface area contributed by atoms with Gasteiger partial charge >= 0.3 is 0 Å². The van der Waals surface area contributed by atoms with Gasteiger partial charge in [-0.3, -0.25) is 10.2 Å². The van der Waals surface area contributed by atoms with Crippen molar-refractivity contribution >= 4 is 39.8 Å². The zero-order valence-electron chi connectivity index (χ0n) is 19.8. The maximum Gasteiger partial charge on any atom is 0.283 e. The third-order valence-electron chi connectivity index (χ3n) is 6.08. The SMILES string of the molecule is Cc1cccc(C2=NN3C(=N)/C(=C\c4cc(C)n(-c5ccc(C)cc5C)c4C)C(=O)N=C3S2)c1. The summed E-state index contributed by atoms with van der Waals surface area (Å²) in [6.07, 6.45) is 1.76. The van der Waals surface area contributed by atoms with Crippen molar-refractivity contribution in [2.45, 2.75) is 34.6 Å². The Labute approximate surface area is 203 Å². The van der Waals surface area contributed by atoms with Crippen LogP contribution in [0.5, 0.6) is 0 Å². The molecule has 1 aromatic heterocycles. The minimum absolute atomic E-state index is 0.0430. The van der Waals surface area contributed by atoms with Crippen LogP contribution in [0.25, 0.3) is 11.8 Å². The Morgan fingerprint density at radius 1 is 0.971 bits per heavy atom. The number of hydrazone groups is 1. The Bertz CT molecular complexity index is 1470. The van der Waals surface area contributed by atoms with Gasteiger partial charge in [0.05, 0.1) is 5.57 Å². The number of thioether (sulfide) groups is 1. The van der Waals surface area contributed by atoms with E-state index in [1.54, 1.807) is 6.08 Å². The lowest BCUT2D eigenvalue weighted by atomic mass is 10.1. The molecule has 1 N–H and O–H groups in total. The van der Waals surface area contributed by atoms with Gasteiger partial charge in [0.15, 0.2) is 5.84 Å². The summed E-state index contributed by atoms with van der Waals surface area (Å²) in [4.78, 5) is 17.2. The van der Waals surface area contributed by atoms with Crippen LogP contribution in [0.15, 0.2) is 64.2 Å². The van der Waals surface area contributed by atoms with E-state index < -0.39 is 5.91 Å². The topological polar surface area (TPSA) is 73.8 Å². The summed E-state index contributed by atoms with van der Waals surface area (Å²) in [5.74, 6) is -0.373. The third kappa shape index (κ3) is 3.72. The van der Waals surface area contributed by atoms with E-state index in [0.29, 0.717) is 5.17 Å². The van der Waals surface area contributed by atoms with Crippen LogP contribution in [0, 0.1) is 40.0 Å². The van der Waals surface area contributed by atoms with Crippen LogP contribution in [0.4, 0.5) is 0 Å². The van der Waals surface area contributed by atoms with Crippen molar-refractivity contribution in [1.82, 2.24) is 9.58 Å². The van der Waals surface area contributed by atoms with Gasteiger partial charge < -0.3 is 4.57 Å². The van der Waals surface area contributed by atoms with E-state index in [4.69, 9.17) is 5.41 Å². The maximum atomic E-state index is 12.9. The molecule has 0 fully saturated rings. The first-order chi connectivity index (χ1) is 16.2. The van der Waals surface area contributed by atoms with Crippen LogP contribution >= 0.6 is 11.8 Å². The number of carbonyl (C=O) groups is 1. The molecule has 2 aliphatic heterocycles. The minimum Gasteiger partial charge on any atom is -0.318 e. The summed E-state index contributed by atoms with van der Waals surface area (Å²) in [6.45, 7) is 10.3. The van der Waals surface area contributed by atoms with Crippen LogP contribution in [0.2, 0.25) is 0 Å². The van der Waals surface area contributed by atoms with Crippen molar-refractivity contribution in [3.8, 4) is 5.69 Å². The first-order valence-corrected chi connectivity index (χ1v) is 11.9. The summed E-state index contributed by atoms with van der Waals surface area (Å²) in [5.41, 5.74) is 8.78. The highest BCUT2D eigenvalue weighted by atomic mass is 32.2. The molecule has 1 amide bonds. The minimum atomic E-state index is -0.416. The number of amides is 1. The Morgan fingerprint density at radius 2 is 1.74 bits per heavy atom. The Hall–Kier alpha value is -3.71. The molecule has 3 heterocycles. The molecular formula is C27H25N5OS. The molecule has 0 saturated heterocycles. The summed E-state index contributed by atoms with van der Waals surface area (Å²) in [6, 6.07) is 16.4. The van der Waals surface area contributed by atoms with E-state index in [9.17, 15) is 4.79 Å². The molecule has 6 nitrogen and oxygen atoms in total. The number of amidine groups is 2. The quantitative estimate of drug-likeness (QED) is 0.503. The second-order valence-corrected chi connectivity index (χ2v) is 9.70. The summed E-state index contributed by atoms with van der Waals surface area (Å²) < 4.78 is 2.19. The number of hydrogen-bond donors (Lipinski definition) is 1. The molecule has 3 aromatic rings. The monoisotopic (exact) mass is 467 g/mol. The number of nitrogens with zero attached hydrogens (tertiary/aromatic N) is 4. The number of hydrogen-bond acceptors (Lipinski definition) is 4. The highest BCUT2D eigenvalue weighted by molar-refractivity contribution is 8.27. The van der Waals surface area contributed by atoms with E-state index >= 15 is 0 Å². The second-order valence-electron chi connectivity index (χ2n) is 8.75. The fraction of sp³-hybridized carbons (Fsp3) is 0.185. The fourth-order valence-electron chi connectivity index (χ4n) is 4.40. The predicted octanol–water partition coefficient (Wildman–Crippen LogP) is 5.69. The lowest BCUT2D eigenvalue weighted by molar-refractivity contribution is -0.114. The highest BCUT2D eigenvalue weighted by Crippen LogP contribution is 2.32. The highest BCUT2D eigenvalue weighted by Gasteiger charge is 2.36. The first kappa shape index (κ1) is 22.1. The van der Waals surface area contributed by atoms with Crippen molar-refractivity contribution in [1.29, 1.82) is 5.41 Å². The van der Waals surface area contributed by atoms with Gasteiger partial charge in [-0.1, -0.05) is 41.5 Å². The number of benzene rings is 2. The lowest BCUT2D eigenvalue weighted by Crippen LogP contribution is -2.35. The van der Waals surface area contributed by atoms with Gasteiger partial charge in [-0.05, 0) is 81.8 Å². The normalized spacial score (nSPS) is 16.7. The van der Waals surface area contributed by atoms with Gasteiger partial charge in [0.25, 0.3) is 5.91 Å². The number of nitrogens with one attached hydrogen (secondary N) is 1. The molecule has 5 rings (SSSR count). The molecule has 2 aliphatic rings. The number of aryl methyl sites for hydroxylation is 4. The third-order valence-corrected chi connectivity index (χ3v) is 7.04. The molecular weight excluding hydrogens is 442 g/mol. The van der Waals surface area contributed by atoms with E-state index in [1.807, 2.05) is 51.1 Å². The molecule has 0 saturated carbocycles. The maximum absolute atomic E-state index is 12.9. The summed E-state index contributed by atoms with van der Waals surface area (Å²) in [7, 11) is 0. The first-order valence-electron chi connectivity index (χ1n) is 11.1. The summed E-state index contributed by atoms with van der Waals surface area (Å²) in [5, 5.41) is 15.9. The molecule has 0 spiro atoms. The molecule has 2 aromatic carbocycles. The zero-order valence-corrected chi connectivity index (χ0v) is 20.6. The van der Waals surface area contributed by atoms with E-state index in [2.05, 4.69) is 46.7 Å². The smallest absolute Gasteiger partial charge is 0.283 e. The molecule has 0 atom stereocenters. The van der Waals surface area contributed by atoms with Crippen LogP contribution in [-0.2, 0) is 4.79 Å². The fourth-order valence-corrected chi connectivity index (χ4v) is 5.29. The molecule has 0 bridgehead atoms. The largest absolute Gasteiger partial charge is 0.318 e. The number of aliphatic imine (C=N–C) groups is 1. The van der Waals surface area contributed by atoms with Gasteiger partial charge in [-0.2, -0.15) is 15.1 Å². The van der Waals surface area contributed by atoms with Crippen molar-refractivity contribution in [3.05, 3.63) is 93.3 Å². The van der Waals surface area contributed by atoms with E-state index in [1.165, 1.54) is 27.9 Å². The van der Waals surface area contributed by atoms with Crippen LogP contribution in [0.1, 0.15) is 39.2 Å². The van der Waals surface area contributed by atoms with Crippen molar-refractivity contribution in [3.63, 3.8) is 0 Å². The molecule has 34 heavy (non-hydrogen) atoms.